The number of hydrogen-bond donors (Lipinski definition) is 0. The number of nitrogens with zero attached hydrogens (tertiary/aromatic N) is 1. The molecule has 252 valence electrons. The first-order chi connectivity index (χ1) is 26.8. The van der Waals surface area contributed by atoms with E-state index in [1.165, 1.54) is 65.3 Å². The van der Waals surface area contributed by atoms with Crippen LogP contribution in [0.5, 0.6) is 0 Å². The highest BCUT2D eigenvalue weighted by Gasteiger charge is 2.20. The first kappa shape index (κ1) is 30.5. The molecule has 0 amide bonds. The van der Waals surface area contributed by atoms with Crippen molar-refractivity contribution in [3.05, 3.63) is 200 Å². The van der Waals surface area contributed by atoms with Crippen LogP contribution in [0.4, 0.5) is 17.1 Å². The number of hydrogen-bond acceptors (Lipinski definition) is 2. The standard InChI is InChI=1S/C52H33NO/c1-3-13-42-35(10-1)12-9-17-44(42)45-15-5-7-18-49(45)53(41-30-31-51-48(33-41)46-16-6-8-19-50(46)54-51)40-28-26-34(27-29-40)39-25-22-37-21-24-38-23-20-36-11-2-4-14-43(36)52(38)47(37)32-39/h1-33H. The molecule has 0 N–H and O–H groups in total. The molecule has 0 fully saturated rings. The summed E-state index contributed by atoms with van der Waals surface area (Å²) >= 11 is 0. The quantitative estimate of drug-likeness (QED) is 0.168. The molecule has 0 unspecified atom stereocenters. The lowest BCUT2D eigenvalue weighted by Gasteiger charge is -2.28. The van der Waals surface area contributed by atoms with Gasteiger partial charge in [-0.1, -0.05) is 152 Å². The molecule has 0 aliphatic heterocycles. The molecule has 0 aliphatic rings. The lowest BCUT2D eigenvalue weighted by atomic mass is 9.94. The van der Waals surface area contributed by atoms with Crippen molar-refractivity contribution in [3.8, 4) is 22.3 Å². The summed E-state index contributed by atoms with van der Waals surface area (Å²) < 4.78 is 6.27. The Kier molecular flexibility index (Phi) is 6.90. The minimum atomic E-state index is 0.884. The SMILES string of the molecule is c1ccc(N(c2ccc(-c3ccc4ccc5ccc6ccccc6c5c4c3)cc2)c2ccc3oc4ccccc4c3c2)c(-c2cccc3ccccc23)c1. The van der Waals surface area contributed by atoms with Crippen LogP contribution in [0.15, 0.2) is 205 Å². The maximum Gasteiger partial charge on any atom is 0.135 e. The molecule has 0 atom stereocenters. The normalized spacial score (nSPS) is 11.7. The zero-order valence-corrected chi connectivity index (χ0v) is 29.4. The fourth-order valence-corrected chi connectivity index (χ4v) is 8.45. The molecule has 11 aromatic rings. The number of anilines is 3. The van der Waals surface area contributed by atoms with Crippen LogP contribution < -0.4 is 4.90 Å². The molecule has 11 rings (SSSR count). The Hall–Kier alpha value is -7.16. The van der Waals surface area contributed by atoms with Crippen molar-refractivity contribution in [2.45, 2.75) is 0 Å². The number of benzene rings is 10. The summed E-state index contributed by atoms with van der Waals surface area (Å²) in [5.74, 6) is 0. The third kappa shape index (κ3) is 4.88. The lowest BCUT2D eigenvalue weighted by Crippen LogP contribution is -2.11. The predicted molar refractivity (Wildman–Crippen MR) is 229 cm³/mol. The third-order valence-corrected chi connectivity index (χ3v) is 11.0. The van der Waals surface area contributed by atoms with Crippen LogP contribution in [0, 0.1) is 0 Å². The topological polar surface area (TPSA) is 16.4 Å². The van der Waals surface area contributed by atoms with Crippen molar-refractivity contribution in [2.24, 2.45) is 0 Å². The average molecular weight is 688 g/mol. The van der Waals surface area contributed by atoms with E-state index in [4.69, 9.17) is 4.42 Å². The zero-order valence-electron chi connectivity index (χ0n) is 29.4. The number of fused-ring (bicyclic) bond motifs is 9. The summed E-state index contributed by atoms with van der Waals surface area (Å²) in [6.45, 7) is 0. The summed E-state index contributed by atoms with van der Waals surface area (Å²) in [5.41, 5.74) is 9.79. The highest BCUT2D eigenvalue weighted by atomic mass is 16.3. The van der Waals surface area contributed by atoms with E-state index in [0.29, 0.717) is 0 Å². The Morgan fingerprint density at radius 2 is 0.889 bits per heavy atom. The van der Waals surface area contributed by atoms with Crippen LogP contribution in [0.2, 0.25) is 0 Å². The third-order valence-electron chi connectivity index (χ3n) is 11.0. The summed E-state index contributed by atoms with van der Waals surface area (Å²) in [6.07, 6.45) is 0. The van der Waals surface area contributed by atoms with Gasteiger partial charge in [-0.2, -0.15) is 0 Å². The van der Waals surface area contributed by atoms with E-state index in [1.807, 2.05) is 12.1 Å². The van der Waals surface area contributed by atoms with Crippen LogP contribution in [0.25, 0.3) is 87.3 Å². The van der Waals surface area contributed by atoms with E-state index in [2.05, 4.69) is 193 Å². The van der Waals surface area contributed by atoms with Gasteiger partial charge in [-0.25, -0.2) is 0 Å². The summed E-state index contributed by atoms with van der Waals surface area (Å²) in [7, 11) is 0. The summed E-state index contributed by atoms with van der Waals surface area (Å²) in [4.78, 5) is 2.39. The van der Waals surface area contributed by atoms with Gasteiger partial charge < -0.3 is 9.32 Å². The van der Waals surface area contributed by atoms with Gasteiger partial charge in [0.25, 0.3) is 0 Å². The van der Waals surface area contributed by atoms with Gasteiger partial charge in [-0.3, -0.25) is 0 Å². The highest BCUT2D eigenvalue weighted by molar-refractivity contribution is 6.20. The van der Waals surface area contributed by atoms with Gasteiger partial charge in [0.05, 0.1) is 5.69 Å². The van der Waals surface area contributed by atoms with Crippen LogP contribution in [0.3, 0.4) is 0 Å². The fourth-order valence-electron chi connectivity index (χ4n) is 8.45. The molecular weight excluding hydrogens is 655 g/mol. The molecule has 0 saturated heterocycles. The van der Waals surface area contributed by atoms with Crippen molar-refractivity contribution in [1.82, 2.24) is 0 Å². The van der Waals surface area contributed by atoms with Crippen molar-refractivity contribution >= 4 is 82.1 Å². The van der Waals surface area contributed by atoms with Crippen LogP contribution >= 0.6 is 0 Å². The average Bonchev–Trinajstić information content (AvgIpc) is 3.62. The molecule has 1 heterocycles. The highest BCUT2D eigenvalue weighted by Crippen LogP contribution is 2.45. The van der Waals surface area contributed by atoms with Gasteiger partial charge in [0.15, 0.2) is 0 Å². The number of furan rings is 1. The Bertz CT molecular complexity index is 3220. The van der Waals surface area contributed by atoms with Gasteiger partial charge in [0, 0.05) is 27.7 Å². The molecule has 0 aliphatic carbocycles. The molecule has 10 aromatic carbocycles. The molecule has 2 heteroatoms. The summed E-state index contributed by atoms with van der Waals surface area (Å²) in [5, 5.41) is 12.3. The number of para-hydroxylation sites is 2. The maximum atomic E-state index is 6.27. The van der Waals surface area contributed by atoms with E-state index in [9.17, 15) is 0 Å². The Morgan fingerprint density at radius 1 is 0.315 bits per heavy atom. The Balaban J connectivity index is 1.09. The maximum absolute atomic E-state index is 6.27. The number of rotatable bonds is 5. The Labute approximate surface area is 312 Å². The molecule has 0 radical (unpaired) electrons. The van der Waals surface area contributed by atoms with Gasteiger partial charge in [-0.05, 0) is 108 Å². The minimum absolute atomic E-state index is 0.884. The van der Waals surface area contributed by atoms with Gasteiger partial charge in [-0.15, -0.1) is 0 Å². The summed E-state index contributed by atoms with van der Waals surface area (Å²) in [6, 6.07) is 72.4. The molecule has 1 aromatic heterocycles. The molecule has 2 nitrogen and oxygen atoms in total. The predicted octanol–water partition coefficient (Wildman–Crippen LogP) is 15.0. The van der Waals surface area contributed by atoms with E-state index in [-0.39, 0.29) is 0 Å². The van der Waals surface area contributed by atoms with Crippen LogP contribution in [0.1, 0.15) is 0 Å². The molecular formula is C52H33NO. The molecule has 0 bridgehead atoms. The van der Waals surface area contributed by atoms with E-state index >= 15 is 0 Å². The first-order valence-corrected chi connectivity index (χ1v) is 18.5. The second-order valence-electron chi connectivity index (χ2n) is 14.1. The lowest BCUT2D eigenvalue weighted by molar-refractivity contribution is 0.669. The van der Waals surface area contributed by atoms with Crippen LogP contribution in [-0.4, -0.2) is 0 Å². The largest absolute Gasteiger partial charge is 0.456 e. The van der Waals surface area contributed by atoms with Gasteiger partial charge in [0.1, 0.15) is 11.2 Å². The van der Waals surface area contributed by atoms with Crippen molar-refractivity contribution in [1.29, 1.82) is 0 Å². The van der Waals surface area contributed by atoms with Gasteiger partial charge in [0.2, 0.25) is 0 Å². The van der Waals surface area contributed by atoms with Crippen molar-refractivity contribution in [2.75, 3.05) is 4.90 Å². The molecule has 54 heavy (non-hydrogen) atoms. The van der Waals surface area contributed by atoms with Crippen LogP contribution in [-0.2, 0) is 0 Å². The second kappa shape index (κ2) is 12.2. The monoisotopic (exact) mass is 687 g/mol. The van der Waals surface area contributed by atoms with E-state index < -0.39 is 0 Å². The molecule has 0 spiro atoms. The van der Waals surface area contributed by atoms with Crippen molar-refractivity contribution < 1.29 is 4.42 Å². The minimum Gasteiger partial charge on any atom is -0.456 e. The van der Waals surface area contributed by atoms with E-state index in [0.717, 1.165) is 39.0 Å². The zero-order chi connectivity index (χ0) is 35.6. The van der Waals surface area contributed by atoms with E-state index in [1.54, 1.807) is 0 Å². The van der Waals surface area contributed by atoms with Crippen molar-refractivity contribution in [3.63, 3.8) is 0 Å². The molecule has 0 saturated carbocycles. The first-order valence-electron chi connectivity index (χ1n) is 18.5. The smallest absolute Gasteiger partial charge is 0.135 e. The second-order valence-corrected chi connectivity index (χ2v) is 14.1. The van der Waals surface area contributed by atoms with Gasteiger partial charge >= 0.3 is 0 Å². The Morgan fingerprint density at radius 3 is 1.74 bits per heavy atom. The fraction of sp³-hybridized carbons (Fsp3) is 0.